The van der Waals surface area contributed by atoms with Gasteiger partial charge in [-0.3, -0.25) is 4.79 Å². The van der Waals surface area contributed by atoms with E-state index in [1.54, 1.807) is 11.3 Å². The molecule has 1 amide bonds. The molecule has 1 atom stereocenters. The maximum Gasteiger partial charge on any atom is 0.240 e. The van der Waals surface area contributed by atoms with Gasteiger partial charge in [0.1, 0.15) is 0 Å². The van der Waals surface area contributed by atoms with Crippen LogP contribution in [0, 0.1) is 0 Å². The summed E-state index contributed by atoms with van der Waals surface area (Å²) in [6.07, 6.45) is 2.98. The van der Waals surface area contributed by atoms with Crippen LogP contribution in [0.15, 0.2) is 17.5 Å². The molecule has 16 heavy (non-hydrogen) atoms. The largest absolute Gasteiger partial charge is 0.333 e. The van der Waals surface area contributed by atoms with Gasteiger partial charge in [-0.15, -0.1) is 11.3 Å². The molecule has 1 saturated carbocycles. The van der Waals surface area contributed by atoms with E-state index in [4.69, 9.17) is 5.73 Å². The first-order valence-electron chi connectivity index (χ1n) is 5.80. The zero-order valence-corrected chi connectivity index (χ0v) is 10.4. The second-order valence-electron chi connectivity index (χ2n) is 4.29. The van der Waals surface area contributed by atoms with E-state index < -0.39 is 0 Å². The first-order valence-corrected chi connectivity index (χ1v) is 6.68. The van der Waals surface area contributed by atoms with Crippen LogP contribution >= 0.6 is 11.3 Å². The van der Waals surface area contributed by atoms with Crippen LogP contribution in [0.3, 0.4) is 0 Å². The van der Waals surface area contributed by atoms with Crippen LogP contribution in [0.1, 0.15) is 31.1 Å². The van der Waals surface area contributed by atoms with E-state index in [1.165, 1.54) is 4.88 Å². The third kappa shape index (κ3) is 2.62. The highest BCUT2D eigenvalue weighted by molar-refractivity contribution is 7.09. The molecule has 0 saturated heterocycles. The van der Waals surface area contributed by atoms with Crippen molar-refractivity contribution in [2.24, 2.45) is 5.73 Å². The van der Waals surface area contributed by atoms with Crippen molar-refractivity contribution in [1.82, 2.24) is 4.90 Å². The van der Waals surface area contributed by atoms with Crippen molar-refractivity contribution < 1.29 is 4.79 Å². The minimum Gasteiger partial charge on any atom is -0.333 e. The topological polar surface area (TPSA) is 46.3 Å². The number of hydrogen-bond acceptors (Lipinski definition) is 3. The summed E-state index contributed by atoms with van der Waals surface area (Å²) in [5, 5.41) is 2.05. The van der Waals surface area contributed by atoms with Gasteiger partial charge in [0.15, 0.2) is 0 Å². The van der Waals surface area contributed by atoms with Gasteiger partial charge in [0, 0.05) is 10.9 Å². The molecule has 2 N–H and O–H groups in total. The number of nitrogens with zero attached hydrogens (tertiary/aromatic N) is 1. The molecule has 1 aliphatic rings. The predicted octanol–water partition coefficient (Wildman–Crippen LogP) is 1.98. The lowest BCUT2D eigenvalue weighted by Gasteiger charge is -2.24. The molecule has 1 fully saturated rings. The molecule has 0 aliphatic heterocycles. The van der Waals surface area contributed by atoms with Crippen LogP contribution in [0.4, 0.5) is 0 Å². The van der Waals surface area contributed by atoms with Gasteiger partial charge in [-0.1, -0.05) is 13.0 Å². The van der Waals surface area contributed by atoms with E-state index in [1.807, 2.05) is 23.3 Å². The lowest BCUT2D eigenvalue weighted by molar-refractivity contribution is -0.133. The molecule has 1 aliphatic carbocycles. The lowest BCUT2D eigenvalue weighted by Crippen LogP contribution is -2.44. The van der Waals surface area contributed by atoms with Crippen LogP contribution in [0.2, 0.25) is 0 Å². The van der Waals surface area contributed by atoms with Crippen molar-refractivity contribution >= 4 is 17.2 Å². The Morgan fingerprint density at radius 1 is 1.69 bits per heavy atom. The molecular formula is C12H18N2OS. The Bertz CT molecular complexity index is 346. The van der Waals surface area contributed by atoms with E-state index in [0.717, 1.165) is 19.4 Å². The fourth-order valence-corrected chi connectivity index (χ4v) is 2.43. The Balaban J connectivity index is 2.02. The molecule has 0 radical (unpaired) electrons. The smallest absolute Gasteiger partial charge is 0.240 e. The molecule has 4 heteroatoms. The van der Waals surface area contributed by atoms with Gasteiger partial charge in [0.25, 0.3) is 0 Å². The average Bonchev–Trinajstić information content (AvgIpc) is 3.01. The zero-order chi connectivity index (χ0) is 11.5. The number of carbonyl (C=O) groups is 1. The maximum absolute atomic E-state index is 12.1. The number of carbonyl (C=O) groups excluding carboxylic acids is 1. The van der Waals surface area contributed by atoms with Crippen molar-refractivity contribution in [3.05, 3.63) is 22.4 Å². The van der Waals surface area contributed by atoms with Gasteiger partial charge >= 0.3 is 0 Å². The minimum absolute atomic E-state index is 0.110. The number of amides is 1. The molecule has 1 aromatic heterocycles. The van der Waals surface area contributed by atoms with Crippen molar-refractivity contribution in [2.75, 3.05) is 0 Å². The highest BCUT2D eigenvalue weighted by atomic mass is 32.1. The van der Waals surface area contributed by atoms with Crippen molar-refractivity contribution in [3.63, 3.8) is 0 Å². The van der Waals surface area contributed by atoms with E-state index >= 15 is 0 Å². The summed E-state index contributed by atoms with van der Waals surface area (Å²) in [5.74, 6) is 0.110. The summed E-state index contributed by atoms with van der Waals surface area (Å²) >= 11 is 1.70. The fourth-order valence-electron chi connectivity index (χ4n) is 1.73. The SMILES string of the molecule is CCC(N)C(=O)N(Cc1cccs1)C1CC1. The summed E-state index contributed by atoms with van der Waals surface area (Å²) in [6, 6.07) is 4.20. The van der Waals surface area contributed by atoms with E-state index in [0.29, 0.717) is 12.5 Å². The van der Waals surface area contributed by atoms with Crippen LogP contribution in [0.5, 0.6) is 0 Å². The molecule has 1 heterocycles. The van der Waals surface area contributed by atoms with Crippen LogP contribution in [-0.4, -0.2) is 22.9 Å². The Kier molecular flexibility index (Phi) is 3.61. The summed E-state index contributed by atoms with van der Waals surface area (Å²) in [5.41, 5.74) is 5.82. The van der Waals surface area contributed by atoms with Crippen molar-refractivity contribution in [3.8, 4) is 0 Å². The first-order chi connectivity index (χ1) is 7.72. The Hall–Kier alpha value is -0.870. The highest BCUT2D eigenvalue weighted by Crippen LogP contribution is 2.29. The number of rotatable bonds is 5. The van der Waals surface area contributed by atoms with Crippen LogP contribution < -0.4 is 5.73 Å². The maximum atomic E-state index is 12.1. The quantitative estimate of drug-likeness (QED) is 0.852. The average molecular weight is 238 g/mol. The molecule has 0 aromatic carbocycles. The second kappa shape index (κ2) is 4.97. The Labute approximate surface area is 100 Å². The summed E-state index contributed by atoms with van der Waals surface area (Å²) in [7, 11) is 0. The zero-order valence-electron chi connectivity index (χ0n) is 9.56. The van der Waals surface area contributed by atoms with Gasteiger partial charge in [-0.05, 0) is 30.7 Å². The van der Waals surface area contributed by atoms with Crippen LogP contribution in [-0.2, 0) is 11.3 Å². The third-order valence-electron chi connectivity index (χ3n) is 2.93. The highest BCUT2D eigenvalue weighted by Gasteiger charge is 2.34. The molecule has 1 unspecified atom stereocenters. The van der Waals surface area contributed by atoms with Gasteiger partial charge in [-0.25, -0.2) is 0 Å². The molecule has 0 spiro atoms. The van der Waals surface area contributed by atoms with Gasteiger partial charge in [-0.2, -0.15) is 0 Å². The van der Waals surface area contributed by atoms with E-state index in [2.05, 4.69) is 6.07 Å². The van der Waals surface area contributed by atoms with E-state index in [-0.39, 0.29) is 11.9 Å². The minimum atomic E-state index is -0.333. The normalized spacial score (nSPS) is 17.1. The molecule has 3 nitrogen and oxygen atoms in total. The lowest BCUT2D eigenvalue weighted by atomic mass is 10.2. The number of nitrogens with two attached hydrogens (primary N) is 1. The fraction of sp³-hybridized carbons (Fsp3) is 0.583. The predicted molar refractivity (Wildman–Crippen MR) is 66.2 cm³/mol. The Morgan fingerprint density at radius 2 is 2.44 bits per heavy atom. The van der Waals surface area contributed by atoms with Gasteiger partial charge in [0.05, 0.1) is 12.6 Å². The van der Waals surface area contributed by atoms with Gasteiger partial charge < -0.3 is 10.6 Å². The summed E-state index contributed by atoms with van der Waals surface area (Å²) < 4.78 is 0. The van der Waals surface area contributed by atoms with Crippen LogP contribution in [0.25, 0.3) is 0 Å². The summed E-state index contributed by atoms with van der Waals surface area (Å²) in [4.78, 5) is 15.3. The monoisotopic (exact) mass is 238 g/mol. The molecule has 88 valence electrons. The van der Waals surface area contributed by atoms with E-state index in [9.17, 15) is 4.79 Å². The van der Waals surface area contributed by atoms with Gasteiger partial charge in [0.2, 0.25) is 5.91 Å². The molecule has 1 aromatic rings. The number of thiophene rings is 1. The molecule has 2 rings (SSSR count). The third-order valence-corrected chi connectivity index (χ3v) is 3.80. The number of hydrogen-bond donors (Lipinski definition) is 1. The Morgan fingerprint density at radius 3 is 2.94 bits per heavy atom. The first kappa shape index (κ1) is 11.6. The second-order valence-corrected chi connectivity index (χ2v) is 5.32. The standard InChI is InChI=1S/C12H18N2OS/c1-2-11(13)12(15)14(9-5-6-9)8-10-4-3-7-16-10/h3-4,7,9,11H,2,5-6,8,13H2,1H3. The van der Waals surface area contributed by atoms with Crippen molar-refractivity contribution in [1.29, 1.82) is 0 Å². The summed E-state index contributed by atoms with van der Waals surface area (Å²) in [6.45, 7) is 2.69. The molecule has 0 bridgehead atoms. The van der Waals surface area contributed by atoms with Crippen molar-refractivity contribution in [2.45, 2.75) is 44.8 Å². The molecular weight excluding hydrogens is 220 g/mol.